The second-order valence-corrected chi connectivity index (χ2v) is 11.9. The number of hydrogen-bond acceptors (Lipinski definition) is 4. The van der Waals surface area contributed by atoms with E-state index in [1.807, 2.05) is 0 Å². The topological polar surface area (TPSA) is 49.4 Å². The maximum atomic E-state index is 4.95. The highest BCUT2D eigenvalue weighted by molar-refractivity contribution is 5.39. The maximum Gasteiger partial charge on any atom is 0.0896 e. The highest BCUT2D eigenvalue weighted by atomic mass is 15.3. The Labute approximate surface area is 151 Å². The molecule has 0 spiro atoms. The Morgan fingerprint density at radius 1 is 0.480 bits per heavy atom. The Kier molecular flexibility index (Phi) is 2.06. The van der Waals surface area contributed by atoms with E-state index in [0.717, 1.165) is 11.8 Å². The minimum absolute atomic E-state index is 0.00279. The van der Waals surface area contributed by atoms with Crippen LogP contribution in [0.5, 0.6) is 0 Å². The molecule has 0 aromatic heterocycles. The summed E-state index contributed by atoms with van der Waals surface area (Å²) in [5, 5.41) is 19.8. The average Bonchev–Trinajstić information content (AvgIpc) is 3.24. The van der Waals surface area contributed by atoms with Crippen LogP contribution in [0.2, 0.25) is 0 Å². The summed E-state index contributed by atoms with van der Waals surface area (Å²) in [7, 11) is 0. The van der Waals surface area contributed by atoms with Crippen LogP contribution in [0.1, 0.15) is 61.8 Å². The Balaban J connectivity index is 1.58. The predicted octanol–water partition coefficient (Wildman–Crippen LogP) is 5.15. The van der Waals surface area contributed by atoms with Gasteiger partial charge in [-0.1, -0.05) is 27.7 Å². The van der Waals surface area contributed by atoms with Crippen LogP contribution in [-0.2, 0) is 0 Å². The average molecular weight is 341 g/mol. The van der Waals surface area contributed by atoms with E-state index in [0.29, 0.717) is 23.7 Å². The zero-order valence-electron chi connectivity index (χ0n) is 17.0. The zero-order chi connectivity index (χ0) is 18.0. The van der Waals surface area contributed by atoms with E-state index in [1.165, 1.54) is 6.42 Å². The standard InChI is InChI=1S/C21H32N4/c1-16(2)18(5)12-10-9-11(13(12)19(16,6)23-22-18)15-14(10)20(7)17(3,4)21(15,8)25-24-20/h10-15H,9H2,1-8H3/t10?,11?,12-,13+,14+,15-,18-,19+,20+,21-. The molecule has 0 radical (unpaired) electrons. The third kappa shape index (κ3) is 1.02. The first kappa shape index (κ1) is 15.3. The first-order valence-electron chi connectivity index (χ1n) is 10.3. The predicted molar refractivity (Wildman–Crippen MR) is 96.5 cm³/mol. The molecule has 4 heteroatoms. The Morgan fingerprint density at radius 3 is 0.960 bits per heavy atom. The van der Waals surface area contributed by atoms with Gasteiger partial charge in [0.1, 0.15) is 0 Å². The summed E-state index contributed by atoms with van der Waals surface area (Å²) < 4.78 is 0. The highest BCUT2D eigenvalue weighted by Crippen LogP contribution is 2.84. The van der Waals surface area contributed by atoms with Crippen molar-refractivity contribution in [3.63, 3.8) is 0 Å². The van der Waals surface area contributed by atoms with Gasteiger partial charge in [0, 0.05) is 10.8 Å². The first-order chi connectivity index (χ1) is 11.4. The summed E-state index contributed by atoms with van der Waals surface area (Å²) in [6, 6.07) is 0. The lowest BCUT2D eigenvalue weighted by Crippen LogP contribution is -2.50. The summed E-state index contributed by atoms with van der Waals surface area (Å²) in [5.41, 5.74) is 0.286. The van der Waals surface area contributed by atoms with Crippen LogP contribution < -0.4 is 0 Å². The van der Waals surface area contributed by atoms with Crippen molar-refractivity contribution in [3.8, 4) is 0 Å². The number of azo groups is 2. The molecule has 6 aliphatic rings. The van der Waals surface area contributed by atoms with Gasteiger partial charge in [0.15, 0.2) is 0 Å². The van der Waals surface area contributed by atoms with Gasteiger partial charge in [-0.05, 0) is 69.6 Å². The van der Waals surface area contributed by atoms with Crippen molar-refractivity contribution in [1.29, 1.82) is 0 Å². The van der Waals surface area contributed by atoms with Crippen LogP contribution in [0.15, 0.2) is 20.5 Å². The second kappa shape index (κ2) is 3.38. The molecule has 4 nitrogen and oxygen atoms in total. The van der Waals surface area contributed by atoms with E-state index in [-0.39, 0.29) is 33.0 Å². The molecule has 0 aromatic carbocycles. The lowest BCUT2D eigenvalue weighted by atomic mass is 9.60. The Hall–Kier alpha value is -0.800. The van der Waals surface area contributed by atoms with Gasteiger partial charge in [0.25, 0.3) is 0 Å². The molecular formula is C21H32N4. The van der Waals surface area contributed by atoms with Crippen molar-refractivity contribution >= 4 is 0 Å². The summed E-state index contributed by atoms with van der Waals surface area (Å²) in [4.78, 5) is 0. The molecule has 6 rings (SSSR count). The lowest BCUT2D eigenvalue weighted by Gasteiger charge is -2.48. The van der Waals surface area contributed by atoms with Crippen LogP contribution in [0, 0.1) is 46.3 Å². The van der Waals surface area contributed by atoms with Gasteiger partial charge >= 0.3 is 0 Å². The van der Waals surface area contributed by atoms with E-state index in [2.05, 4.69) is 55.4 Å². The lowest BCUT2D eigenvalue weighted by molar-refractivity contribution is 0.0230. The summed E-state index contributed by atoms with van der Waals surface area (Å²) in [6.45, 7) is 19.3. The number of nitrogens with zero attached hydrogens (tertiary/aromatic N) is 4. The minimum atomic E-state index is -0.00279. The number of hydrogen-bond donors (Lipinski definition) is 0. The molecule has 4 saturated carbocycles. The molecule has 136 valence electrons. The summed E-state index contributed by atoms with van der Waals surface area (Å²) in [6.07, 6.45) is 1.36. The molecule has 6 bridgehead atoms. The van der Waals surface area contributed by atoms with Gasteiger partial charge in [0.05, 0.1) is 22.2 Å². The molecule has 2 heterocycles. The van der Waals surface area contributed by atoms with Crippen molar-refractivity contribution in [1.82, 2.24) is 0 Å². The van der Waals surface area contributed by atoms with Crippen LogP contribution in [0.3, 0.4) is 0 Å². The van der Waals surface area contributed by atoms with Crippen molar-refractivity contribution in [2.75, 3.05) is 0 Å². The van der Waals surface area contributed by atoms with Crippen LogP contribution in [-0.4, -0.2) is 22.2 Å². The Morgan fingerprint density at radius 2 is 0.720 bits per heavy atom. The summed E-state index contributed by atoms with van der Waals surface area (Å²) >= 11 is 0. The molecular weight excluding hydrogens is 308 g/mol. The van der Waals surface area contributed by atoms with Gasteiger partial charge in [-0.25, -0.2) is 0 Å². The van der Waals surface area contributed by atoms with E-state index < -0.39 is 0 Å². The smallest absolute Gasteiger partial charge is 0.0896 e. The molecule has 4 aliphatic carbocycles. The Bertz CT molecular complexity index is 663. The molecule has 4 fully saturated rings. The maximum absolute atomic E-state index is 4.95. The highest BCUT2D eigenvalue weighted by Gasteiger charge is 2.87. The fourth-order valence-electron chi connectivity index (χ4n) is 9.35. The van der Waals surface area contributed by atoms with Crippen LogP contribution >= 0.6 is 0 Å². The SMILES string of the molecule is CC1(C)[C@@]2(C)N=N[C@]1(C)[C@@H]1C3CC([C@@H]4[C@H]3[C@]3(C)N=N[C@@]4(C)C3(C)C)[C@@H]12. The van der Waals surface area contributed by atoms with Gasteiger partial charge in [-0.3, -0.25) is 0 Å². The fourth-order valence-corrected chi connectivity index (χ4v) is 9.35. The van der Waals surface area contributed by atoms with Crippen molar-refractivity contribution in [3.05, 3.63) is 0 Å². The molecule has 25 heavy (non-hydrogen) atoms. The van der Waals surface area contributed by atoms with Crippen LogP contribution in [0.4, 0.5) is 0 Å². The van der Waals surface area contributed by atoms with Crippen molar-refractivity contribution in [2.45, 2.75) is 84.0 Å². The normalized spacial score (nSPS) is 68.8. The van der Waals surface area contributed by atoms with Gasteiger partial charge in [-0.2, -0.15) is 20.5 Å². The minimum Gasteiger partial charge on any atom is -0.186 e. The fraction of sp³-hybridized carbons (Fsp3) is 1.00. The first-order valence-corrected chi connectivity index (χ1v) is 10.3. The quantitative estimate of drug-likeness (QED) is 0.548. The van der Waals surface area contributed by atoms with E-state index in [4.69, 9.17) is 20.5 Å². The second-order valence-electron chi connectivity index (χ2n) is 11.9. The zero-order valence-corrected chi connectivity index (χ0v) is 17.0. The van der Waals surface area contributed by atoms with Crippen LogP contribution in [0.25, 0.3) is 0 Å². The largest absolute Gasteiger partial charge is 0.186 e. The molecule has 2 unspecified atom stereocenters. The van der Waals surface area contributed by atoms with Gasteiger partial charge in [0.2, 0.25) is 0 Å². The monoisotopic (exact) mass is 340 g/mol. The van der Waals surface area contributed by atoms with E-state index in [9.17, 15) is 0 Å². The number of fused-ring (bicyclic) bond motifs is 16. The molecule has 0 N–H and O–H groups in total. The van der Waals surface area contributed by atoms with Gasteiger partial charge < -0.3 is 0 Å². The molecule has 0 saturated heterocycles. The molecule has 0 aromatic rings. The third-order valence-electron chi connectivity index (χ3n) is 11.8. The molecule has 10 atom stereocenters. The molecule has 0 amide bonds. The summed E-state index contributed by atoms with van der Waals surface area (Å²) in [5.74, 6) is 4.22. The van der Waals surface area contributed by atoms with Crippen molar-refractivity contribution in [2.24, 2.45) is 66.8 Å². The van der Waals surface area contributed by atoms with Gasteiger partial charge in [-0.15, -0.1) is 0 Å². The van der Waals surface area contributed by atoms with Crippen molar-refractivity contribution < 1.29 is 0 Å². The van der Waals surface area contributed by atoms with E-state index in [1.54, 1.807) is 0 Å². The number of rotatable bonds is 0. The third-order valence-corrected chi connectivity index (χ3v) is 11.8. The molecule has 2 aliphatic heterocycles. The van der Waals surface area contributed by atoms with E-state index >= 15 is 0 Å².